The largest absolute Gasteiger partial charge is 0.467 e. The van der Waals surface area contributed by atoms with Gasteiger partial charge >= 0.3 is 6.03 Å². The molecule has 7 heteroatoms. The molecule has 1 fully saturated rings. The lowest BCUT2D eigenvalue weighted by Gasteiger charge is -2.25. The third-order valence-electron chi connectivity index (χ3n) is 5.45. The standard InChI is InChI=1S/C24H23N3O4/c1-4-17-7-9-19(10-8-17)27-15(2)12-18(16(27)3)13-21-22(28)25-24(30)26(23(21)29)14-20-6-5-11-31-20/h5-13H,4,14H2,1-3H3,(H,25,28,30)/b21-13+. The topological polar surface area (TPSA) is 84.6 Å². The van der Waals surface area contributed by atoms with Gasteiger partial charge in [-0.3, -0.25) is 19.8 Å². The second-order valence-electron chi connectivity index (χ2n) is 7.47. The first kappa shape index (κ1) is 20.4. The lowest BCUT2D eigenvalue weighted by molar-refractivity contribution is -0.130. The van der Waals surface area contributed by atoms with Gasteiger partial charge < -0.3 is 8.98 Å². The van der Waals surface area contributed by atoms with Gasteiger partial charge in [-0.2, -0.15) is 0 Å². The number of nitrogens with zero attached hydrogens (tertiary/aromatic N) is 2. The van der Waals surface area contributed by atoms with Crippen LogP contribution in [0.4, 0.5) is 4.79 Å². The number of hydrogen-bond donors (Lipinski definition) is 1. The zero-order valence-corrected chi connectivity index (χ0v) is 17.6. The minimum absolute atomic E-state index is 0.0505. The molecule has 0 spiro atoms. The van der Waals surface area contributed by atoms with Crippen molar-refractivity contribution in [3.8, 4) is 5.69 Å². The molecule has 158 valence electrons. The van der Waals surface area contributed by atoms with Crippen LogP contribution in [-0.4, -0.2) is 27.3 Å². The molecule has 4 amide bonds. The van der Waals surface area contributed by atoms with Crippen molar-refractivity contribution >= 4 is 23.9 Å². The molecule has 0 radical (unpaired) electrons. The van der Waals surface area contributed by atoms with E-state index in [-0.39, 0.29) is 12.1 Å². The second-order valence-corrected chi connectivity index (χ2v) is 7.47. The summed E-state index contributed by atoms with van der Waals surface area (Å²) in [5, 5.41) is 2.24. The Kier molecular flexibility index (Phi) is 5.33. The third kappa shape index (κ3) is 3.82. The van der Waals surface area contributed by atoms with Gasteiger partial charge in [0.1, 0.15) is 11.3 Å². The molecule has 1 aromatic carbocycles. The summed E-state index contributed by atoms with van der Waals surface area (Å²) in [5.74, 6) is -0.907. The fraction of sp³-hybridized carbons (Fsp3) is 0.208. The lowest BCUT2D eigenvalue weighted by atomic mass is 10.1. The highest BCUT2D eigenvalue weighted by Gasteiger charge is 2.36. The molecule has 0 atom stereocenters. The zero-order valence-electron chi connectivity index (χ0n) is 17.6. The Labute approximate surface area is 180 Å². The smallest absolute Gasteiger partial charge is 0.331 e. The van der Waals surface area contributed by atoms with Crippen LogP contribution in [0, 0.1) is 13.8 Å². The lowest BCUT2D eigenvalue weighted by Crippen LogP contribution is -2.53. The Morgan fingerprint density at radius 2 is 1.81 bits per heavy atom. The van der Waals surface area contributed by atoms with Crippen molar-refractivity contribution in [2.24, 2.45) is 0 Å². The SMILES string of the molecule is CCc1ccc(-n2c(C)cc(/C=C3\C(=O)NC(=O)N(Cc4ccco4)C3=O)c2C)cc1. The van der Waals surface area contributed by atoms with E-state index < -0.39 is 17.8 Å². The molecule has 4 rings (SSSR count). The molecular formula is C24H23N3O4. The molecule has 0 saturated carbocycles. The summed E-state index contributed by atoms with van der Waals surface area (Å²) in [6, 6.07) is 12.8. The van der Waals surface area contributed by atoms with Gasteiger partial charge in [0.15, 0.2) is 0 Å². The van der Waals surface area contributed by atoms with Crippen molar-refractivity contribution < 1.29 is 18.8 Å². The molecule has 1 aliphatic rings. The fourth-order valence-electron chi connectivity index (χ4n) is 3.76. The van der Waals surface area contributed by atoms with Crippen molar-refractivity contribution in [2.45, 2.75) is 33.7 Å². The van der Waals surface area contributed by atoms with Gasteiger partial charge in [0.25, 0.3) is 11.8 Å². The molecular weight excluding hydrogens is 394 g/mol. The average molecular weight is 417 g/mol. The van der Waals surface area contributed by atoms with Crippen LogP contribution in [0.1, 0.15) is 35.2 Å². The van der Waals surface area contributed by atoms with E-state index in [0.29, 0.717) is 5.76 Å². The van der Waals surface area contributed by atoms with E-state index in [9.17, 15) is 14.4 Å². The first-order valence-electron chi connectivity index (χ1n) is 10.1. The molecule has 7 nitrogen and oxygen atoms in total. The van der Waals surface area contributed by atoms with Crippen LogP contribution in [0.25, 0.3) is 11.8 Å². The molecule has 0 aliphatic carbocycles. The summed E-state index contributed by atoms with van der Waals surface area (Å²) in [7, 11) is 0. The number of aromatic nitrogens is 1. The van der Waals surface area contributed by atoms with Crippen LogP contribution in [0.2, 0.25) is 0 Å². The number of benzene rings is 1. The van der Waals surface area contributed by atoms with Crippen LogP contribution in [0.15, 0.2) is 58.7 Å². The number of hydrogen-bond acceptors (Lipinski definition) is 4. The summed E-state index contributed by atoms with van der Waals surface area (Å²) in [6.07, 6.45) is 3.97. The van der Waals surface area contributed by atoms with E-state index in [0.717, 1.165) is 34.0 Å². The fourth-order valence-corrected chi connectivity index (χ4v) is 3.76. The van der Waals surface area contributed by atoms with Crippen LogP contribution < -0.4 is 5.32 Å². The maximum absolute atomic E-state index is 12.9. The Morgan fingerprint density at radius 1 is 1.06 bits per heavy atom. The molecule has 2 aromatic heterocycles. The van der Waals surface area contributed by atoms with Crippen molar-refractivity contribution in [1.82, 2.24) is 14.8 Å². The van der Waals surface area contributed by atoms with Gasteiger partial charge in [-0.1, -0.05) is 19.1 Å². The maximum atomic E-state index is 12.9. The van der Waals surface area contributed by atoms with Crippen LogP contribution in [0.5, 0.6) is 0 Å². The predicted molar refractivity (Wildman–Crippen MR) is 115 cm³/mol. The number of imide groups is 2. The highest BCUT2D eigenvalue weighted by Crippen LogP contribution is 2.25. The quantitative estimate of drug-likeness (QED) is 0.504. The van der Waals surface area contributed by atoms with Crippen molar-refractivity contribution in [2.75, 3.05) is 0 Å². The number of carbonyl (C=O) groups is 3. The molecule has 3 aromatic rings. The summed E-state index contributed by atoms with van der Waals surface area (Å²) < 4.78 is 7.31. The first-order chi connectivity index (χ1) is 14.9. The van der Waals surface area contributed by atoms with E-state index in [2.05, 4.69) is 41.1 Å². The number of rotatable bonds is 5. The van der Waals surface area contributed by atoms with Crippen molar-refractivity contribution in [3.63, 3.8) is 0 Å². The molecule has 3 heterocycles. The number of urea groups is 1. The summed E-state index contributed by atoms with van der Waals surface area (Å²) >= 11 is 0. The van der Waals surface area contributed by atoms with Crippen LogP contribution in [0.3, 0.4) is 0 Å². The van der Waals surface area contributed by atoms with Crippen LogP contribution >= 0.6 is 0 Å². The van der Waals surface area contributed by atoms with Gasteiger partial charge in [0.2, 0.25) is 0 Å². The van der Waals surface area contributed by atoms with Gasteiger partial charge in [-0.25, -0.2) is 4.79 Å². The van der Waals surface area contributed by atoms with E-state index in [1.807, 2.05) is 19.9 Å². The minimum atomic E-state index is -0.759. The monoisotopic (exact) mass is 417 g/mol. The van der Waals surface area contributed by atoms with E-state index in [1.165, 1.54) is 11.8 Å². The maximum Gasteiger partial charge on any atom is 0.331 e. The van der Waals surface area contributed by atoms with E-state index in [4.69, 9.17) is 4.42 Å². The number of nitrogens with one attached hydrogen (secondary N) is 1. The average Bonchev–Trinajstić information content (AvgIpc) is 3.36. The summed E-state index contributed by atoms with van der Waals surface area (Å²) in [5.41, 5.74) is 4.77. The van der Waals surface area contributed by atoms with Gasteiger partial charge in [0, 0.05) is 17.1 Å². The molecule has 0 unspecified atom stereocenters. The molecule has 0 bridgehead atoms. The van der Waals surface area contributed by atoms with Crippen molar-refractivity contribution in [3.05, 3.63) is 82.6 Å². The predicted octanol–water partition coefficient (Wildman–Crippen LogP) is 3.91. The zero-order chi connectivity index (χ0) is 22.1. The van der Waals surface area contributed by atoms with E-state index in [1.54, 1.807) is 18.2 Å². The number of amides is 4. The Balaban J connectivity index is 1.69. The second kappa shape index (κ2) is 8.10. The van der Waals surface area contributed by atoms with Crippen molar-refractivity contribution in [1.29, 1.82) is 0 Å². The number of carbonyl (C=O) groups excluding carboxylic acids is 3. The molecule has 1 aliphatic heterocycles. The normalized spacial score (nSPS) is 15.6. The minimum Gasteiger partial charge on any atom is -0.467 e. The summed E-state index contributed by atoms with van der Waals surface area (Å²) in [4.78, 5) is 38.5. The molecule has 1 saturated heterocycles. The van der Waals surface area contributed by atoms with E-state index >= 15 is 0 Å². The summed E-state index contributed by atoms with van der Waals surface area (Å²) in [6.45, 7) is 5.96. The number of aryl methyl sites for hydroxylation is 2. The van der Waals surface area contributed by atoms with Gasteiger partial charge in [-0.15, -0.1) is 0 Å². The van der Waals surface area contributed by atoms with Crippen LogP contribution in [-0.2, 0) is 22.6 Å². The highest BCUT2D eigenvalue weighted by molar-refractivity contribution is 6.31. The highest BCUT2D eigenvalue weighted by atomic mass is 16.3. The Hall–Kier alpha value is -3.87. The number of furan rings is 1. The third-order valence-corrected chi connectivity index (χ3v) is 5.45. The Morgan fingerprint density at radius 3 is 2.45 bits per heavy atom. The number of barbiturate groups is 1. The molecule has 31 heavy (non-hydrogen) atoms. The Bertz CT molecular complexity index is 1180. The van der Waals surface area contributed by atoms with Gasteiger partial charge in [-0.05, 0) is 67.8 Å². The molecule has 1 N–H and O–H groups in total. The first-order valence-corrected chi connectivity index (χ1v) is 10.1. The van der Waals surface area contributed by atoms with Gasteiger partial charge in [0.05, 0.1) is 12.8 Å².